The van der Waals surface area contributed by atoms with Crippen LogP contribution in [0.3, 0.4) is 0 Å². The van der Waals surface area contributed by atoms with E-state index in [2.05, 4.69) is 46.1 Å². The molecule has 2 N–H and O–H groups in total. The summed E-state index contributed by atoms with van der Waals surface area (Å²) < 4.78 is 26.1. The summed E-state index contributed by atoms with van der Waals surface area (Å²) in [6.45, 7) is 3.93. The Labute approximate surface area is 195 Å². The van der Waals surface area contributed by atoms with Gasteiger partial charge in [0.25, 0.3) is 0 Å². The molecule has 32 heavy (non-hydrogen) atoms. The van der Waals surface area contributed by atoms with Gasteiger partial charge in [-0.1, -0.05) is 18.9 Å². The van der Waals surface area contributed by atoms with E-state index in [1.54, 1.807) is 11.2 Å². The molecule has 0 amide bonds. The van der Waals surface area contributed by atoms with Crippen LogP contribution in [-0.4, -0.2) is 42.6 Å². The van der Waals surface area contributed by atoms with Gasteiger partial charge in [-0.3, -0.25) is 0 Å². The van der Waals surface area contributed by atoms with E-state index >= 15 is 0 Å². The summed E-state index contributed by atoms with van der Waals surface area (Å²) in [5, 5.41) is 7.26. The Morgan fingerprint density at radius 3 is 2.62 bits per heavy atom. The van der Waals surface area contributed by atoms with Gasteiger partial charge in [-0.25, -0.2) is 12.7 Å². The Kier molecular flexibility index (Phi) is 6.43. The van der Waals surface area contributed by atoms with Crippen LogP contribution in [0, 0.1) is 0 Å². The summed E-state index contributed by atoms with van der Waals surface area (Å²) in [6, 6.07) is 9.72. The van der Waals surface area contributed by atoms with Gasteiger partial charge < -0.3 is 10.3 Å². The van der Waals surface area contributed by atoms with Gasteiger partial charge in [0.1, 0.15) is 0 Å². The average molecular weight is 472 g/mol. The Morgan fingerprint density at radius 2 is 1.88 bits per heavy atom. The number of piperidine rings is 1. The van der Waals surface area contributed by atoms with Crippen molar-refractivity contribution in [3.63, 3.8) is 0 Å². The van der Waals surface area contributed by atoms with Crippen molar-refractivity contribution in [1.82, 2.24) is 14.6 Å². The fraction of sp³-hybridized carbons (Fsp3) is 0.520. The highest BCUT2D eigenvalue weighted by molar-refractivity contribution is 7.89. The summed E-state index contributed by atoms with van der Waals surface area (Å²) in [5.74, 6) is 0.586. The molecule has 0 radical (unpaired) electrons. The Balaban J connectivity index is 1.31. The highest BCUT2D eigenvalue weighted by Crippen LogP contribution is 2.36. The van der Waals surface area contributed by atoms with Crippen LogP contribution in [0.25, 0.3) is 22.0 Å². The summed E-state index contributed by atoms with van der Waals surface area (Å²) in [6.07, 6.45) is 9.24. The lowest BCUT2D eigenvalue weighted by atomic mass is 9.89. The molecule has 0 spiro atoms. The molecular weight excluding hydrogens is 438 g/mol. The number of H-pyrrole nitrogens is 1. The minimum atomic E-state index is -3.09. The van der Waals surface area contributed by atoms with Gasteiger partial charge >= 0.3 is 0 Å². The molecule has 0 atom stereocenters. The van der Waals surface area contributed by atoms with Crippen molar-refractivity contribution in [3.8, 4) is 11.1 Å². The van der Waals surface area contributed by atoms with Crippen molar-refractivity contribution in [3.05, 3.63) is 46.3 Å². The van der Waals surface area contributed by atoms with Crippen molar-refractivity contribution in [2.45, 2.75) is 64.0 Å². The molecular formula is C25H33N3O2S2. The number of sulfonamides is 1. The zero-order valence-electron chi connectivity index (χ0n) is 18.8. The van der Waals surface area contributed by atoms with Crippen LogP contribution >= 0.6 is 11.3 Å². The van der Waals surface area contributed by atoms with E-state index in [1.807, 2.05) is 11.3 Å². The van der Waals surface area contributed by atoms with Gasteiger partial charge in [-0.2, -0.15) is 0 Å². The van der Waals surface area contributed by atoms with Crippen LogP contribution in [0.15, 0.2) is 35.8 Å². The van der Waals surface area contributed by atoms with Crippen molar-refractivity contribution < 1.29 is 8.42 Å². The number of aromatic amines is 1. The van der Waals surface area contributed by atoms with Crippen LogP contribution in [0.4, 0.5) is 0 Å². The number of rotatable bonds is 7. The Morgan fingerprint density at radius 1 is 1.09 bits per heavy atom. The van der Waals surface area contributed by atoms with Crippen molar-refractivity contribution in [2.75, 3.05) is 18.8 Å². The van der Waals surface area contributed by atoms with Gasteiger partial charge in [-0.15, -0.1) is 11.3 Å². The van der Waals surface area contributed by atoms with Crippen molar-refractivity contribution >= 4 is 32.3 Å². The fourth-order valence-electron chi connectivity index (χ4n) is 5.29. The first kappa shape index (κ1) is 22.1. The Hall–Kier alpha value is -1.67. The average Bonchev–Trinajstić information content (AvgIpc) is 3.58. The molecule has 1 saturated carbocycles. The maximum Gasteiger partial charge on any atom is 0.213 e. The number of nitrogens with zero attached hydrogens (tertiary/aromatic N) is 1. The molecule has 3 heterocycles. The second-order valence-electron chi connectivity index (χ2n) is 9.24. The maximum atomic E-state index is 12.2. The van der Waals surface area contributed by atoms with Crippen LogP contribution in [0.2, 0.25) is 0 Å². The maximum absolute atomic E-state index is 12.2. The van der Waals surface area contributed by atoms with E-state index in [-0.39, 0.29) is 5.75 Å². The van der Waals surface area contributed by atoms with E-state index < -0.39 is 10.0 Å². The molecule has 172 valence electrons. The molecule has 1 saturated heterocycles. The van der Waals surface area contributed by atoms with Crippen LogP contribution in [-0.2, 0) is 16.6 Å². The highest BCUT2D eigenvalue weighted by Gasteiger charge is 2.28. The quantitative estimate of drug-likeness (QED) is 0.481. The topological polar surface area (TPSA) is 65.2 Å². The number of nitrogens with one attached hydrogen (secondary N) is 2. The van der Waals surface area contributed by atoms with Gasteiger partial charge in [-0.05, 0) is 78.8 Å². The number of aromatic nitrogens is 1. The molecule has 1 aliphatic heterocycles. The monoisotopic (exact) mass is 471 g/mol. The standard InChI is InChI=1S/C25H33N3O2S2/c1-2-32(29,30)28-11-9-18(10-12-28)24-16-27-25-8-7-19(14-23(24)25)20-13-22(31-17-20)15-26-21-5-3-4-6-21/h7-8,13-14,16-18,21,26-27H,2-6,9-12,15H2,1H3. The lowest BCUT2D eigenvalue weighted by Crippen LogP contribution is -2.38. The third kappa shape index (κ3) is 4.53. The molecule has 3 aromatic rings. The molecule has 2 aliphatic rings. The first-order valence-corrected chi connectivity index (χ1v) is 14.4. The molecule has 1 aliphatic carbocycles. The smallest absolute Gasteiger partial charge is 0.213 e. The zero-order chi connectivity index (χ0) is 22.1. The first-order chi connectivity index (χ1) is 15.5. The molecule has 5 nitrogen and oxygen atoms in total. The largest absolute Gasteiger partial charge is 0.361 e. The summed E-state index contributed by atoms with van der Waals surface area (Å²) >= 11 is 1.84. The van der Waals surface area contributed by atoms with Crippen molar-refractivity contribution in [1.29, 1.82) is 0 Å². The second kappa shape index (κ2) is 9.29. The van der Waals surface area contributed by atoms with Gasteiger partial charge in [0.05, 0.1) is 5.75 Å². The number of benzene rings is 1. The van der Waals surface area contributed by atoms with E-state index in [0.717, 1.165) is 24.9 Å². The second-order valence-corrected chi connectivity index (χ2v) is 12.5. The third-order valence-electron chi connectivity index (χ3n) is 7.27. The number of hydrogen-bond acceptors (Lipinski definition) is 4. The molecule has 1 aromatic carbocycles. The molecule has 5 rings (SSSR count). The molecule has 0 unspecified atom stereocenters. The zero-order valence-corrected chi connectivity index (χ0v) is 20.4. The number of fused-ring (bicyclic) bond motifs is 1. The minimum Gasteiger partial charge on any atom is -0.361 e. The third-order valence-corrected chi connectivity index (χ3v) is 10.1. The first-order valence-electron chi connectivity index (χ1n) is 11.9. The lowest BCUT2D eigenvalue weighted by molar-refractivity contribution is 0.321. The van der Waals surface area contributed by atoms with E-state index in [0.29, 0.717) is 25.0 Å². The van der Waals surface area contributed by atoms with Crippen molar-refractivity contribution in [2.24, 2.45) is 0 Å². The number of hydrogen-bond donors (Lipinski definition) is 2. The summed E-state index contributed by atoms with van der Waals surface area (Å²) in [4.78, 5) is 4.83. The van der Waals surface area contributed by atoms with Gasteiger partial charge in [0.15, 0.2) is 0 Å². The predicted octanol–water partition coefficient (Wildman–Crippen LogP) is 5.46. The number of thiophene rings is 1. The van der Waals surface area contributed by atoms with Crippen LogP contribution in [0.1, 0.15) is 61.8 Å². The summed E-state index contributed by atoms with van der Waals surface area (Å²) in [7, 11) is -3.09. The molecule has 2 aromatic heterocycles. The molecule has 0 bridgehead atoms. The Bertz CT molecular complexity index is 1170. The van der Waals surface area contributed by atoms with E-state index in [9.17, 15) is 8.42 Å². The van der Waals surface area contributed by atoms with E-state index in [4.69, 9.17) is 0 Å². The van der Waals surface area contributed by atoms with E-state index in [1.165, 1.54) is 52.6 Å². The highest BCUT2D eigenvalue weighted by atomic mass is 32.2. The predicted molar refractivity (Wildman–Crippen MR) is 134 cm³/mol. The summed E-state index contributed by atoms with van der Waals surface area (Å²) in [5.41, 5.74) is 5.03. The normalized spacial score (nSPS) is 19.3. The molecule has 7 heteroatoms. The fourth-order valence-corrected chi connectivity index (χ4v) is 7.26. The lowest BCUT2D eigenvalue weighted by Gasteiger charge is -2.30. The van der Waals surface area contributed by atoms with Gasteiger partial charge in [0.2, 0.25) is 10.0 Å². The van der Waals surface area contributed by atoms with Crippen LogP contribution < -0.4 is 5.32 Å². The molecule has 2 fully saturated rings. The van der Waals surface area contributed by atoms with Gasteiger partial charge in [0, 0.05) is 47.7 Å². The minimum absolute atomic E-state index is 0.187. The van der Waals surface area contributed by atoms with Crippen LogP contribution in [0.5, 0.6) is 0 Å². The SMILES string of the molecule is CCS(=O)(=O)N1CCC(c2c[nH]c3ccc(-c4csc(CNC5CCCC5)c4)cc23)CC1.